The molecule has 0 saturated carbocycles. The molecule has 2 rings (SSSR count). The molecule has 132 valence electrons. The van der Waals surface area contributed by atoms with Gasteiger partial charge in [-0.15, -0.1) is 5.10 Å². The van der Waals surface area contributed by atoms with Gasteiger partial charge in [0.05, 0.1) is 19.9 Å². The third-order valence-corrected chi connectivity index (χ3v) is 3.98. The molecule has 0 saturated heterocycles. The van der Waals surface area contributed by atoms with Crippen LogP contribution in [0.3, 0.4) is 0 Å². The number of ether oxygens (including phenoxy) is 2. The van der Waals surface area contributed by atoms with Gasteiger partial charge in [-0.25, -0.2) is 0 Å². The van der Waals surface area contributed by atoms with Gasteiger partial charge in [0.25, 0.3) is 0 Å². The molecule has 0 amide bonds. The van der Waals surface area contributed by atoms with E-state index >= 15 is 0 Å². The van der Waals surface area contributed by atoms with Crippen molar-refractivity contribution in [2.24, 2.45) is 15.9 Å². The van der Waals surface area contributed by atoms with E-state index in [0.717, 1.165) is 11.3 Å². The summed E-state index contributed by atoms with van der Waals surface area (Å²) in [5.74, 6) is 1.87. The number of nitrogens with two attached hydrogens (primary N) is 1. The summed E-state index contributed by atoms with van der Waals surface area (Å²) in [7, 11) is 1.55. The third kappa shape index (κ3) is 6.48. The van der Waals surface area contributed by atoms with E-state index < -0.39 is 0 Å². The van der Waals surface area contributed by atoms with Crippen LogP contribution in [-0.4, -0.2) is 36.8 Å². The molecule has 0 bridgehead atoms. The zero-order valence-corrected chi connectivity index (χ0v) is 14.8. The SMILES string of the molecule is COc1cc(C=NN=C(N)SCc2ccccc2)ccc1OCCO. The van der Waals surface area contributed by atoms with Crippen molar-refractivity contribution in [2.45, 2.75) is 5.75 Å². The van der Waals surface area contributed by atoms with Crippen LogP contribution < -0.4 is 15.2 Å². The first-order chi connectivity index (χ1) is 12.2. The van der Waals surface area contributed by atoms with E-state index in [9.17, 15) is 0 Å². The number of aliphatic hydroxyl groups is 1. The first-order valence-corrected chi connectivity index (χ1v) is 8.66. The van der Waals surface area contributed by atoms with Crippen molar-refractivity contribution in [1.82, 2.24) is 0 Å². The Morgan fingerprint density at radius 3 is 2.72 bits per heavy atom. The van der Waals surface area contributed by atoms with Crippen LogP contribution in [0.2, 0.25) is 0 Å². The lowest BCUT2D eigenvalue weighted by atomic mass is 10.2. The van der Waals surface area contributed by atoms with Crippen LogP contribution in [0, 0.1) is 0 Å². The van der Waals surface area contributed by atoms with Gasteiger partial charge in [-0.05, 0) is 29.3 Å². The summed E-state index contributed by atoms with van der Waals surface area (Å²) in [5.41, 5.74) is 7.83. The number of thioether (sulfide) groups is 1. The van der Waals surface area contributed by atoms with E-state index in [1.54, 1.807) is 25.5 Å². The van der Waals surface area contributed by atoms with Crippen molar-refractivity contribution in [1.29, 1.82) is 0 Å². The van der Waals surface area contributed by atoms with Crippen LogP contribution in [0.5, 0.6) is 11.5 Å². The van der Waals surface area contributed by atoms with Crippen molar-refractivity contribution in [3.8, 4) is 11.5 Å². The summed E-state index contributed by atoms with van der Waals surface area (Å²) in [4.78, 5) is 0. The number of nitrogens with zero attached hydrogens (tertiary/aromatic N) is 2. The maximum absolute atomic E-state index is 8.81. The molecule has 0 aliphatic rings. The van der Waals surface area contributed by atoms with Gasteiger partial charge >= 0.3 is 0 Å². The second-order valence-electron chi connectivity index (χ2n) is 4.94. The first-order valence-electron chi connectivity index (χ1n) is 7.68. The Morgan fingerprint density at radius 2 is 2.00 bits per heavy atom. The molecule has 0 aliphatic heterocycles. The fourth-order valence-electron chi connectivity index (χ4n) is 1.95. The lowest BCUT2D eigenvalue weighted by molar-refractivity contribution is 0.196. The number of methoxy groups -OCH3 is 1. The van der Waals surface area contributed by atoms with E-state index in [-0.39, 0.29) is 13.2 Å². The number of benzene rings is 2. The number of rotatable bonds is 8. The Labute approximate surface area is 151 Å². The molecule has 2 aromatic rings. The monoisotopic (exact) mass is 359 g/mol. The molecule has 0 heterocycles. The number of amidine groups is 1. The van der Waals surface area contributed by atoms with Crippen LogP contribution in [0.4, 0.5) is 0 Å². The lowest BCUT2D eigenvalue weighted by Gasteiger charge is -2.09. The molecule has 0 fully saturated rings. The molecule has 0 aliphatic carbocycles. The highest BCUT2D eigenvalue weighted by atomic mass is 32.2. The Bertz CT molecular complexity index is 721. The van der Waals surface area contributed by atoms with Crippen molar-refractivity contribution in [2.75, 3.05) is 20.3 Å². The highest BCUT2D eigenvalue weighted by molar-refractivity contribution is 8.13. The van der Waals surface area contributed by atoms with E-state index in [0.29, 0.717) is 16.7 Å². The quantitative estimate of drug-likeness (QED) is 0.430. The minimum atomic E-state index is -0.0546. The van der Waals surface area contributed by atoms with Gasteiger partial charge in [-0.3, -0.25) is 0 Å². The molecule has 0 atom stereocenters. The molecular weight excluding hydrogens is 338 g/mol. The molecule has 0 unspecified atom stereocenters. The van der Waals surface area contributed by atoms with Crippen LogP contribution in [0.25, 0.3) is 0 Å². The smallest absolute Gasteiger partial charge is 0.180 e. The minimum Gasteiger partial charge on any atom is -0.493 e. The second-order valence-corrected chi connectivity index (χ2v) is 5.94. The predicted molar refractivity (Wildman–Crippen MR) is 103 cm³/mol. The highest BCUT2D eigenvalue weighted by Crippen LogP contribution is 2.27. The van der Waals surface area contributed by atoms with Gasteiger partial charge in [-0.1, -0.05) is 42.1 Å². The highest BCUT2D eigenvalue weighted by Gasteiger charge is 2.04. The molecular formula is C18H21N3O3S. The van der Waals surface area contributed by atoms with Crippen LogP contribution in [0.15, 0.2) is 58.7 Å². The molecule has 3 N–H and O–H groups in total. The fourth-order valence-corrected chi connectivity index (χ4v) is 2.56. The third-order valence-electron chi connectivity index (χ3n) is 3.13. The molecule has 7 heteroatoms. The van der Waals surface area contributed by atoms with Gasteiger partial charge in [0, 0.05) is 5.75 Å². The van der Waals surface area contributed by atoms with Gasteiger partial charge < -0.3 is 20.3 Å². The van der Waals surface area contributed by atoms with E-state index in [2.05, 4.69) is 10.2 Å². The van der Waals surface area contributed by atoms with Gasteiger partial charge in [0.2, 0.25) is 0 Å². The van der Waals surface area contributed by atoms with Crippen LogP contribution in [-0.2, 0) is 5.75 Å². The maximum atomic E-state index is 8.81. The molecule has 25 heavy (non-hydrogen) atoms. The van der Waals surface area contributed by atoms with Crippen molar-refractivity contribution in [3.63, 3.8) is 0 Å². The number of hydrogen-bond donors (Lipinski definition) is 2. The minimum absolute atomic E-state index is 0.0546. The van der Waals surface area contributed by atoms with Crippen molar-refractivity contribution >= 4 is 23.1 Å². The Hall–Kier alpha value is -2.51. The Kier molecular flexibility index (Phi) is 7.81. The first kappa shape index (κ1) is 18.8. The van der Waals surface area contributed by atoms with Gasteiger partial charge in [-0.2, -0.15) is 5.10 Å². The zero-order chi connectivity index (χ0) is 17.9. The summed E-state index contributed by atoms with van der Waals surface area (Å²) in [6.45, 7) is 0.157. The summed E-state index contributed by atoms with van der Waals surface area (Å²) >= 11 is 1.43. The molecule has 0 radical (unpaired) electrons. The average molecular weight is 359 g/mol. The maximum Gasteiger partial charge on any atom is 0.180 e. The zero-order valence-electron chi connectivity index (χ0n) is 14.0. The summed E-state index contributed by atoms with van der Waals surface area (Å²) in [6.07, 6.45) is 1.59. The molecule has 0 aromatic heterocycles. The average Bonchev–Trinajstić information content (AvgIpc) is 2.66. The van der Waals surface area contributed by atoms with Crippen LogP contribution in [0.1, 0.15) is 11.1 Å². The summed E-state index contributed by atoms with van der Waals surface area (Å²) in [6, 6.07) is 15.4. The number of hydrogen-bond acceptors (Lipinski definition) is 6. The molecule has 0 spiro atoms. The number of aliphatic hydroxyl groups excluding tert-OH is 1. The summed E-state index contributed by atoms with van der Waals surface area (Å²) in [5, 5.41) is 17.2. The van der Waals surface area contributed by atoms with E-state index in [4.69, 9.17) is 20.3 Å². The topological polar surface area (TPSA) is 89.4 Å². The largest absolute Gasteiger partial charge is 0.493 e. The fraction of sp³-hybridized carbons (Fsp3) is 0.222. The molecule has 6 nitrogen and oxygen atoms in total. The van der Waals surface area contributed by atoms with E-state index in [1.165, 1.54) is 17.3 Å². The normalized spacial score (nSPS) is 11.7. The second kappa shape index (κ2) is 10.4. The van der Waals surface area contributed by atoms with E-state index in [1.807, 2.05) is 36.4 Å². The van der Waals surface area contributed by atoms with Crippen molar-refractivity contribution in [3.05, 3.63) is 59.7 Å². The van der Waals surface area contributed by atoms with Gasteiger partial charge in [0.15, 0.2) is 16.7 Å². The molecule has 2 aromatic carbocycles. The van der Waals surface area contributed by atoms with Crippen molar-refractivity contribution < 1.29 is 14.6 Å². The standard InChI is InChI=1S/C18H21N3O3S/c1-23-17-11-15(7-8-16(17)24-10-9-22)12-20-21-18(19)25-13-14-5-3-2-4-6-14/h2-8,11-12,22H,9-10,13H2,1H3,(H2,19,21). The lowest BCUT2D eigenvalue weighted by Crippen LogP contribution is -2.06. The van der Waals surface area contributed by atoms with Crippen LogP contribution >= 0.6 is 11.8 Å². The Balaban J connectivity index is 1.93. The Morgan fingerprint density at radius 1 is 1.20 bits per heavy atom. The predicted octanol–water partition coefficient (Wildman–Crippen LogP) is 2.65. The summed E-state index contributed by atoms with van der Waals surface area (Å²) < 4.78 is 10.6. The van der Waals surface area contributed by atoms with Gasteiger partial charge in [0.1, 0.15) is 6.61 Å².